The largest absolute Gasteiger partial charge is 0.507 e. The first kappa shape index (κ1) is 8.82. The molecule has 0 spiro atoms. The van der Waals surface area contributed by atoms with Crippen LogP contribution >= 0.6 is 0 Å². The van der Waals surface area contributed by atoms with Crippen LogP contribution in [0.3, 0.4) is 0 Å². The van der Waals surface area contributed by atoms with E-state index in [0.717, 1.165) is 16.7 Å². The van der Waals surface area contributed by atoms with Gasteiger partial charge in [0.25, 0.3) is 0 Å². The third-order valence-corrected chi connectivity index (χ3v) is 2.17. The minimum absolute atomic E-state index is 0.315. The van der Waals surface area contributed by atoms with Gasteiger partial charge in [-0.3, -0.25) is 0 Å². The Kier molecular flexibility index (Phi) is 2.23. The SMILES string of the molecule is Cc1ccc(O)c(-c2c[c]ccc2)c1. The summed E-state index contributed by atoms with van der Waals surface area (Å²) in [5, 5.41) is 9.67. The van der Waals surface area contributed by atoms with E-state index in [4.69, 9.17) is 0 Å². The molecule has 0 fully saturated rings. The molecular formula is C13H11O. The average molecular weight is 183 g/mol. The van der Waals surface area contributed by atoms with E-state index >= 15 is 0 Å². The highest BCUT2D eigenvalue weighted by Gasteiger charge is 2.02. The molecule has 2 aromatic rings. The van der Waals surface area contributed by atoms with Gasteiger partial charge in [-0.05, 0) is 36.8 Å². The lowest BCUT2D eigenvalue weighted by atomic mass is 10.0. The Morgan fingerprint density at radius 2 is 2.07 bits per heavy atom. The minimum Gasteiger partial charge on any atom is -0.507 e. The molecule has 0 saturated carbocycles. The molecule has 0 saturated heterocycles. The fourth-order valence-electron chi connectivity index (χ4n) is 1.44. The highest BCUT2D eigenvalue weighted by molar-refractivity contribution is 5.70. The first-order chi connectivity index (χ1) is 6.77. The summed E-state index contributed by atoms with van der Waals surface area (Å²) in [6.07, 6.45) is 0. The number of hydrogen-bond acceptors (Lipinski definition) is 1. The lowest BCUT2D eigenvalue weighted by Crippen LogP contribution is -1.80. The smallest absolute Gasteiger partial charge is 0.123 e. The van der Waals surface area contributed by atoms with Crippen LogP contribution in [-0.2, 0) is 0 Å². The summed E-state index contributed by atoms with van der Waals surface area (Å²) >= 11 is 0. The molecule has 0 unspecified atom stereocenters. The first-order valence-corrected chi connectivity index (χ1v) is 4.53. The predicted molar refractivity (Wildman–Crippen MR) is 57.1 cm³/mol. The van der Waals surface area contributed by atoms with Crippen LogP contribution in [0.5, 0.6) is 5.75 Å². The predicted octanol–water partition coefficient (Wildman–Crippen LogP) is 3.17. The van der Waals surface area contributed by atoms with Gasteiger partial charge in [-0.2, -0.15) is 0 Å². The van der Waals surface area contributed by atoms with E-state index in [1.165, 1.54) is 0 Å². The summed E-state index contributed by atoms with van der Waals surface area (Å²) in [6.45, 7) is 2.01. The third kappa shape index (κ3) is 1.62. The molecule has 14 heavy (non-hydrogen) atoms. The van der Waals surface area contributed by atoms with Crippen LogP contribution in [0.15, 0.2) is 42.5 Å². The maximum absolute atomic E-state index is 9.67. The maximum atomic E-state index is 9.67. The van der Waals surface area contributed by atoms with Crippen LogP contribution < -0.4 is 0 Å². The molecule has 2 rings (SSSR count). The van der Waals surface area contributed by atoms with Crippen LogP contribution in [0.2, 0.25) is 0 Å². The van der Waals surface area contributed by atoms with Gasteiger partial charge in [0.2, 0.25) is 0 Å². The molecule has 0 aliphatic heterocycles. The van der Waals surface area contributed by atoms with Gasteiger partial charge in [0, 0.05) is 5.56 Å². The van der Waals surface area contributed by atoms with Gasteiger partial charge in [-0.1, -0.05) is 29.8 Å². The standard InChI is InChI=1S/C13H11O/c1-10-7-8-13(14)12(9-10)11-5-3-2-4-6-11/h2-3,5-9,14H,1H3. The van der Waals surface area contributed by atoms with Crippen molar-refractivity contribution in [3.63, 3.8) is 0 Å². The van der Waals surface area contributed by atoms with Crippen LogP contribution in [0.1, 0.15) is 5.56 Å². The molecule has 69 valence electrons. The van der Waals surface area contributed by atoms with Crippen LogP contribution in [0.4, 0.5) is 0 Å². The Bertz CT molecular complexity index is 432. The zero-order valence-corrected chi connectivity index (χ0v) is 7.99. The summed E-state index contributed by atoms with van der Waals surface area (Å²) in [6, 6.07) is 16.2. The third-order valence-electron chi connectivity index (χ3n) is 2.17. The van der Waals surface area contributed by atoms with Gasteiger partial charge in [-0.15, -0.1) is 0 Å². The van der Waals surface area contributed by atoms with Crippen LogP contribution in [0.25, 0.3) is 11.1 Å². The molecule has 0 amide bonds. The molecule has 1 nitrogen and oxygen atoms in total. The van der Waals surface area contributed by atoms with E-state index in [2.05, 4.69) is 6.07 Å². The molecule has 0 bridgehead atoms. The Balaban J connectivity index is 2.57. The summed E-state index contributed by atoms with van der Waals surface area (Å²) in [5.41, 5.74) is 3.00. The van der Waals surface area contributed by atoms with Gasteiger partial charge in [0.05, 0.1) is 0 Å². The molecule has 1 radical (unpaired) electrons. The van der Waals surface area contributed by atoms with Crippen LogP contribution in [0, 0.1) is 13.0 Å². The Morgan fingerprint density at radius 1 is 1.21 bits per heavy atom. The second kappa shape index (κ2) is 3.54. The topological polar surface area (TPSA) is 20.2 Å². The highest BCUT2D eigenvalue weighted by Crippen LogP contribution is 2.29. The lowest BCUT2D eigenvalue weighted by molar-refractivity contribution is 0.477. The van der Waals surface area contributed by atoms with Crippen molar-refractivity contribution in [1.29, 1.82) is 0 Å². The molecule has 2 aromatic carbocycles. The average Bonchev–Trinajstić information content (AvgIpc) is 2.23. The quantitative estimate of drug-likeness (QED) is 0.720. The van der Waals surface area contributed by atoms with Gasteiger partial charge in [0.15, 0.2) is 0 Å². The summed E-state index contributed by atoms with van der Waals surface area (Å²) in [7, 11) is 0. The molecule has 1 heteroatoms. The Labute approximate surface area is 83.6 Å². The van der Waals surface area contributed by atoms with Gasteiger partial charge < -0.3 is 5.11 Å². The van der Waals surface area contributed by atoms with E-state index < -0.39 is 0 Å². The number of aromatic hydroxyl groups is 1. The van der Waals surface area contributed by atoms with Gasteiger partial charge >= 0.3 is 0 Å². The minimum atomic E-state index is 0.315. The molecule has 0 aliphatic rings. The molecular weight excluding hydrogens is 172 g/mol. The lowest BCUT2D eigenvalue weighted by Gasteiger charge is -2.05. The number of phenolic OH excluding ortho intramolecular Hbond substituents is 1. The van der Waals surface area contributed by atoms with E-state index in [0.29, 0.717) is 5.75 Å². The summed E-state index contributed by atoms with van der Waals surface area (Å²) < 4.78 is 0. The normalized spacial score (nSPS) is 10.1. The summed E-state index contributed by atoms with van der Waals surface area (Å²) in [5.74, 6) is 0.315. The first-order valence-electron chi connectivity index (χ1n) is 4.53. The molecule has 1 N–H and O–H groups in total. The van der Waals surface area contributed by atoms with Gasteiger partial charge in [0.1, 0.15) is 5.75 Å². The molecule has 0 heterocycles. The Morgan fingerprint density at radius 3 is 2.79 bits per heavy atom. The van der Waals surface area contributed by atoms with Crippen molar-refractivity contribution in [2.75, 3.05) is 0 Å². The van der Waals surface area contributed by atoms with Crippen molar-refractivity contribution in [2.45, 2.75) is 6.92 Å². The molecule has 0 aliphatic carbocycles. The van der Waals surface area contributed by atoms with E-state index in [9.17, 15) is 5.11 Å². The van der Waals surface area contributed by atoms with E-state index in [1.807, 2.05) is 43.3 Å². The fourth-order valence-corrected chi connectivity index (χ4v) is 1.44. The summed E-state index contributed by atoms with van der Waals surface area (Å²) in [4.78, 5) is 0. The van der Waals surface area contributed by atoms with Crippen molar-refractivity contribution >= 4 is 0 Å². The highest BCUT2D eigenvalue weighted by atomic mass is 16.3. The zero-order chi connectivity index (χ0) is 9.97. The fraction of sp³-hybridized carbons (Fsp3) is 0.0769. The van der Waals surface area contributed by atoms with Gasteiger partial charge in [-0.25, -0.2) is 0 Å². The van der Waals surface area contributed by atoms with Crippen molar-refractivity contribution < 1.29 is 5.11 Å². The van der Waals surface area contributed by atoms with E-state index in [1.54, 1.807) is 6.07 Å². The van der Waals surface area contributed by atoms with E-state index in [-0.39, 0.29) is 0 Å². The number of hydrogen-bond donors (Lipinski definition) is 1. The second-order valence-corrected chi connectivity index (χ2v) is 3.31. The number of benzene rings is 2. The second-order valence-electron chi connectivity index (χ2n) is 3.31. The zero-order valence-electron chi connectivity index (χ0n) is 7.99. The Hall–Kier alpha value is -1.76. The van der Waals surface area contributed by atoms with Crippen molar-refractivity contribution in [3.8, 4) is 16.9 Å². The van der Waals surface area contributed by atoms with Crippen LogP contribution in [-0.4, -0.2) is 5.11 Å². The van der Waals surface area contributed by atoms with Crippen molar-refractivity contribution in [1.82, 2.24) is 0 Å². The van der Waals surface area contributed by atoms with Crippen molar-refractivity contribution in [2.24, 2.45) is 0 Å². The number of phenols is 1. The molecule has 0 aromatic heterocycles. The number of aryl methyl sites for hydroxylation is 1. The number of rotatable bonds is 1. The molecule has 0 atom stereocenters. The monoisotopic (exact) mass is 183 g/mol. The van der Waals surface area contributed by atoms with Crippen molar-refractivity contribution in [3.05, 3.63) is 54.1 Å². The maximum Gasteiger partial charge on any atom is 0.123 e.